The predicted molar refractivity (Wildman–Crippen MR) is 88.8 cm³/mol. The van der Waals surface area contributed by atoms with E-state index >= 15 is 0 Å². The van der Waals surface area contributed by atoms with Gasteiger partial charge in [0, 0.05) is 8.95 Å². The molecule has 2 aromatic rings. The van der Waals surface area contributed by atoms with E-state index in [0.717, 1.165) is 20.1 Å². The molecule has 0 saturated carbocycles. The topological polar surface area (TPSA) is 0 Å². The summed E-state index contributed by atoms with van der Waals surface area (Å²) < 4.78 is 15.5. The molecule has 0 aliphatic heterocycles. The molecule has 0 N–H and O–H groups in total. The van der Waals surface area contributed by atoms with Gasteiger partial charge in [0.1, 0.15) is 5.82 Å². The monoisotopic (exact) mass is 468 g/mol. The molecule has 5 heteroatoms. The van der Waals surface area contributed by atoms with Gasteiger partial charge >= 0.3 is 0 Å². The molecule has 1 atom stereocenters. The first-order chi connectivity index (χ1) is 8.91. The molecular weight excluding hydrogens is 462 g/mol. The molecule has 1 unspecified atom stereocenters. The smallest absolute Gasteiger partial charge is 0.142 e. The number of alkyl halides is 1. The van der Waals surface area contributed by atoms with Gasteiger partial charge in [0.05, 0.1) is 9.85 Å². The van der Waals surface area contributed by atoms with Crippen molar-refractivity contribution in [2.45, 2.75) is 11.8 Å². The second kappa shape index (κ2) is 6.25. The number of aryl methyl sites for hydroxylation is 1. The van der Waals surface area contributed by atoms with Crippen LogP contribution in [0.2, 0.25) is 5.02 Å². The van der Waals surface area contributed by atoms with Crippen LogP contribution in [0.1, 0.15) is 21.5 Å². The Hall–Kier alpha value is 0.1000. The number of hydrogen-bond acceptors (Lipinski definition) is 0. The first-order valence-electron chi connectivity index (χ1n) is 5.45. The minimum atomic E-state index is -0.411. The molecule has 0 heterocycles. The van der Waals surface area contributed by atoms with Crippen LogP contribution in [-0.4, -0.2) is 0 Å². The van der Waals surface area contributed by atoms with Gasteiger partial charge in [-0.05, 0) is 41.8 Å². The maximum Gasteiger partial charge on any atom is 0.142 e. The minimum Gasteiger partial charge on any atom is -0.205 e. The van der Waals surface area contributed by atoms with E-state index in [-0.39, 0.29) is 9.85 Å². The summed E-state index contributed by atoms with van der Waals surface area (Å²) in [5, 5.41) is 0.146. The quantitative estimate of drug-likeness (QED) is 0.423. The SMILES string of the molecule is Cc1cc(Br)c(C(Br)c2cccc(F)c2Cl)cc1Br. The number of hydrogen-bond donors (Lipinski definition) is 0. The summed E-state index contributed by atoms with van der Waals surface area (Å²) in [4.78, 5) is -0.179. The lowest BCUT2D eigenvalue weighted by Crippen LogP contribution is -1.97. The van der Waals surface area contributed by atoms with Crippen LogP contribution in [0.3, 0.4) is 0 Å². The summed E-state index contributed by atoms with van der Waals surface area (Å²) in [6.07, 6.45) is 0. The Bertz CT molecular complexity index is 628. The van der Waals surface area contributed by atoms with Gasteiger partial charge < -0.3 is 0 Å². The van der Waals surface area contributed by atoms with E-state index in [0.29, 0.717) is 5.56 Å². The van der Waals surface area contributed by atoms with Gasteiger partial charge in [-0.25, -0.2) is 4.39 Å². The second-order valence-corrected chi connectivity index (χ2v) is 7.13. The molecule has 0 spiro atoms. The van der Waals surface area contributed by atoms with Gasteiger partial charge in [-0.3, -0.25) is 0 Å². The van der Waals surface area contributed by atoms with Crippen LogP contribution in [-0.2, 0) is 0 Å². The molecular formula is C14H9Br3ClF. The molecule has 0 bridgehead atoms. The number of halogens is 5. The van der Waals surface area contributed by atoms with E-state index in [2.05, 4.69) is 47.8 Å². The summed E-state index contributed by atoms with van der Waals surface area (Å²) >= 11 is 16.7. The van der Waals surface area contributed by atoms with Crippen molar-refractivity contribution in [2.75, 3.05) is 0 Å². The van der Waals surface area contributed by atoms with Crippen LogP contribution in [0.25, 0.3) is 0 Å². The van der Waals surface area contributed by atoms with Crippen LogP contribution in [0, 0.1) is 12.7 Å². The first kappa shape index (κ1) is 15.5. The van der Waals surface area contributed by atoms with Crippen molar-refractivity contribution >= 4 is 59.4 Å². The molecule has 2 aromatic carbocycles. The molecule has 0 amide bonds. The fourth-order valence-electron chi connectivity index (χ4n) is 1.74. The lowest BCUT2D eigenvalue weighted by molar-refractivity contribution is 0.626. The molecule has 0 aliphatic carbocycles. The molecule has 0 radical (unpaired) electrons. The van der Waals surface area contributed by atoms with E-state index in [4.69, 9.17) is 11.6 Å². The predicted octanol–water partition coefficient (Wildman–Crippen LogP) is 6.80. The molecule has 19 heavy (non-hydrogen) atoms. The third-order valence-corrected chi connectivity index (χ3v) is 5.73. The fourth-order valence-corrected chi connectivity index (χ4v) is 4.22. The maximum atomic E-state index is 13.5. The van der Waals surface area contributed by atoms with E-state index < -0.39 is 5.82 Å². The Morgan fingerprint density at radius 2 is 1.79 bits per heavy atom. The average molecular weight is 471 g/mol. The summed E-state index contributed by atoms with van der Waals surface area (Å²) in [5.74, 6) is -0.411. The van der Waals surface area contributed by atoms with E-state index in [1.54, 1.807) is 6.07 Å². The lowest BCUT2D eigenvalue weighted by Gasteiger charge is -2.16. The highest BCUT2D eigenvalue weighted by atomic mass is 79.9. The molecule has 0 saturated heterocycles. The summed E-state index contributed by atoms with van der Waals surface area (Å²) in [6.45, 7) is 2.01. The van der Waals surface area contributed by atoms with E-state index in [1.807, 2.05) is 25.1 Å². The van der Waals surface area contributed by atoms with Crippen molar-refractivity contribution in [3.63, 3.8) is 0 Å². The maximum absolute atomic E-state index is 13.5. The summed E-state index contributed by atoms with van der Waals surface area (Å²) in [5.41, 5.74) is 2.82. The molecule has 2 rings (SSSR count). The Balaban J connectivity index is 2.53. The molecule has 100 valence electrons. The molecule has 0 fully saturated rings. The largest absolute Gasteiger partial charge is 0.205 e. The van der Waals surface area contributed by atoms with Gasteiger partial charge in [-0.2, -0.15) is 0 Å². The van der Waals surface area contributed by atoms with Crippen molar-refractivity contribution in [1.29, 1.82) is 0 Å². The zero-order valence-corrected chi connectivity index (χ0v) is 15.4. The normalized spacial score (nSPS) is 12.5. The summed E-state index contributed by atoms with van der Waals surface area (Å²) in [6, 6.07) is 8.83. The Morgan fingerprint density at radius 3 is 2.47 bits per heavy atom. The fraction of sp³-hybridized carbons (Fsp3) is 0.143. The van der Waals surface area contributed by atoms with Crippen molar-refractivity contribution < 1.29 is 4.39 Å². The van der Waals surface area contributed by atoms with Crippen LogP contribution >= 0.6 is 59.4 Å². The zero-order chi connectivity index (χ0) is 14.2. The van der Waals surface area contributed by atoms with Gasteiger partial charge in [-0.15, -0.1) is 0 Å². The molecule has 0 aromatic heterocycles. The van der Waals surface area contributed by atoms with Crippen LogP contribution in [0.15, 0.2) is 39.3 Å². The van der Waals surface area contributed by atoms with Crippen molar-refractivity contribution in [3.05, 3.63) is 66.8 Å². The number of rotatable bonds is 2. The van der Waals surface area contributed by atoms with Crippen LogP contribution < -0.4 is 0 Å². The Labute approximate surface area is 141 Å². The lowest BCUT2D eigenvalue weighted by atomic mass is 10.0. The second-order valence-electron chi connectivity index (χ2n) is 4.13. The third kappa shape index (κ3) is 3.23. The summed E-state index contributed by atoms with van der Waals surface area (Å²) in [7, 11) is 0. The Kier molecular flexibility index (Phi) is 5.09. The molecule has 0 nitrogen and oxygen atoms in total. The van der Waals surface area contributed by atoms with Gasteiger partial charge in [0.15, 0.2) is 0 Å². The van der Waals surface area contributed by atoms with Crippen LogP contribution in [0.5, 0.6) is 0 Å². The van der Waals surface area contributed by atoms with Crippen molar-refractivity contribution in [3.8, 4) is 0 Å². The highest BCUT2D eigenvalue weighted by Gasteiger charge is 2.19. The third-order valence-electron chi connectivity index (χ3n) is 2.81. The minimum absolute atomic E-state index is 0.146. The molecule has 0 aliphatic rings. The van der Waals surface area contributed by atoms with Gasteiger partial charge in [0.2, 0.25) is 0 Å². The average Bonchev–Trinajstić information content (AvgIpc) is 2.36. The van der Waals surface area contributed by atoms with Crippen molar-refractivity contribution in [1.82, 2.24) is 0 Å². The van der Waals surface area contributed by atoms with Gasteiger partial charge in [-0.1, -0.05) is 71.5 Å². The van der Waals surface area contributed by atoms with E-state index in [9.17, 15) is 4.39 Å². The zero-order valence-electron chi connectivity index (χ0n) is 9.85. The standard InChI is InChI=1S/C14H9Br3ClF/c1-7-5-11(16)9(6-10(7)15)13(17)8-3-2-4-12(19)14(8)18/h2-6,13H,1H3. The number of benzene rings is 2. The highest BCUT2D eigenvalue weighted by Crippen LogP contribution is 2.41. The first-order valence-corrected chi connectivity index (χ1v) is 8.33. The van der Waals surface area contributed by atoms with E-state index in [1.165, 1.54) is 6.07 Å². The highest BCUT2D eigenvalue weighted by molar-refractivity contribution is 9.11. The van der Waals surface area contributed by atoms with Gasteiger partial charge in [0.25, 0.3) is 0 Å². The Morgan fingerprint density at radius 1 is 1.11 bits per heavy atom. The van der Waals surface area contributed by atoms with Crippen molar-refractivity contribution in [2.24, 2.45) is 0 Å². The van der Waals surface area contributed by atoms with Crippen LogP contribution in [0.4, 0.5) is 4.39 Å².